The summed E-state index contributed by atoms with van der Waals surface area (Å²) in [5, 5.41) is 18.3. The molecule has 4 aromatic rings. The van der Waals surface area contributed by atoms with Gasteiger partial charge in [-0.25, -0.2) is 4.68 Å². The van der Waals surface area contributed by atoms with Crippen LogP contribution in [-0.4, -0.2) is 69.0 Å². The van der Waals surface area contributed by atoms with Gasteiger partial charge in [-0.1, -0.05) is 17.3 Å². The number of halogens is 2. The summed E-state index contributed by atoms with van der Waals surface area (Å²) in [6.45, 7) is 0.936. The Balaban J connectivity index is 0.000000481. The highest BCUT2D eigenvalue weighted by molar-refractivity contribution is 5.64. The SMILES string of the molecule is CN(C)CC=O.CNc1cccc(-c2cn(Cc3ccc(-c4nnc(C(F)F)o4)cn3)nn2)c1. The highest BCUT2D eigenvalue weighted by Crippen LogP contribution is 2.23. The molecule has 0 saturated carbocycles. The van der Waals surface area contributed by atoms with Gasteiger partial charge in [-0.3, -0.25) is 4.98 Å². The molecule has 10 nitrogen and oxygen atoms in total. The van der Waals surface area contributed by atoms with Crippen LogP contribution in [0.2, 0.25) is 0 Å². The van der Waals surface area contributed by atoms with E-state index in [0.29, 0.717) is 18.7 Å². The van der Waals surface area contributed by atoms with E-state index in [9.17, 15) is 13.6 Å². The van der Waals surface area contributed by atoms with Gasteiger partial charge in [-0.2, -0.15) is 8.78 Å². The van der Waals surface area contributed by atoms with Gasteiger partial charge in [0.1, 0.15) is 12.0 Å². The van der Waals surface area contributed by atoms with Crippen molar-refractivity contribution in [3.63, 3.8) is 0 Å². The van der Waals surface area contributed by atoms with E-state index in [1.807, 2.05) is 56.5 Å². The highest BCUT2D eigenvalue weighted by atomic mass is 19.3. The molecule has 0 atom stereocenters. The second-order valence-electron chi connectivity index (χ2n) is 7.35. The van der Waals surface area contributed by atoms with Gasteiger partial charge >= 0.3 is 6.43 Å². The number of benzene rings is 1. The number of pyridine rings is 1. The van der Waals surface area contributed by atoms with Crippen molar-refractivity contribution >= 4 is 12.0 Å². The maximum atomic E-state index is 12.5. The van der Waals surface area contributed by atoms with Gasteiger partial charge in [0.05, 0.1) is 30.5 Å². The molecule has 1 N–H and O–H groups in total. The quantitative estimate of drug-likeness (QED) is 0.388. The van der Waals surface area contributed by atoms with Crippen molar-refractivity contribution in [2.45, 2.75) is 13.0 Å². The summed E-state index contributed by atoms with van der Waals surface area (Å²) in [5.41, 5.74) is 3.87. The van der Waals surface area contributed by atoms with Crippen molar-refractivity contribution in [2.75, 3.05) is 33.0 Å². The predicted molar refractivity (Wildman–Crippen MR) is 121 cm³/mol. The van der Waals surface area contributed by atoms with Crippen molar-refractivity contribution < 1.29 is 18.0 Å². The Morgan fingerprint density at radius 1 is 1.15 bits per heavy atom. The molecule has 0 fully saturated rings. The molecule has 0 spiro atoms. The maximum Gasteiger partial charge on any atom is 0.314 e. The number of carbonyl (C=O) groups is 1. The zero-order chi connectivity index (χ0) is 24.5. The number of hydrogen-bond acceptors (Lipinski definition) is 9. The molecule has 34 heavy (non-hydrogen) atoms. The fourth-order valence-electron chi connectivity index (χ4n) is 2.74. The highest BCUT2D eigenvalue weighted by Gasteiger charge is 2.17. The monoisotopic (exact) mass is 470 g/mol. The van der Waals surface area contributed by atoms with Crippen LogP contribution in [0, 0.1) is 0 Å². The van der Waals surface area contributed by atoms with Crippen LogP contribution in [0.25, 0.3) is 22.7 Å². The number of aldehydes is 1. The second kappa shape index (κ2) is 11.7. The molecule has 12 heteroatoms. The Bertz CT molecular complexity index is 1190. The molecule has 0 aliphatic rings. The number of nitrogens with one attached hydrogen (secondary N) is 1. The van der Waals surface area contributed by atoms with E-state index in [0.717, 1.165) is 28.9 Å². The summed E-state index contributed by atoms with van der Waals surface area (Å²) in [7, 11) is 5.57. The molecule has 0 radical (unpaired) electrons. The van der Waals surface area contributed by atoms with Gasteiger partial charge in [0, 0.05) is 24.5 Å². The van der Waals surface area contributed by atoms with Gasteiger partial charge in [0.25, 0.3) is 5.89 Å². The first-order valence-electron chi connectivity index (χ1n) is 10.2. The van der Waals surface area contributed by atoms with Crippen molar-refractivity contribution in [3.8, 4) is 22.7 Å². The van der Waals surface area contributed by atoms with E-state index in [2.05, 4.69) is 30.8 Å². The first-order chi connectivity index (χ1) is 16.4. The first-order valence-corrected chi connectivity index (χ1v) is 10.2. The molecule has 4 rings (SSSR count). The third kappa shape index (κ3) is 6.72. The Kier molecular flexibility index (Phi) is 8.46. The van der Waals surface area contributed by atoms with Gasteiger partial charge in [0.2, 0.25) is 5.89 Å². The molecule has 0 saturated heterocycles. The number of alkyl halides is 2. The number of likely N-dealkylation sites (N-methyl/N-ethyl adjacent to an activating group) is 1. The number of hydrogen-bond donors (Lipinski definition) is 1. The molecular weight excluding hydrogens is 446 g/mol. The minimum atomic E-state index is -2.80. The summed E-state index contributed by atoms with van der Waals surface area (Å²) < 4.78 is 31.7. The summed E-state index contributed by atoms with van der Waals surface area (Å²) in [4.78, 5) is 15.7. The molecular formula is C22H24F2N8O2. The van der Waals surface area contributed by atoms with Crippen LogP contribution >= 0.6 is 0 Å². The molecule has 0 unspecified atom stereocenters. The van der Waals surface area contributed by atoms with Crippen LogP contribution in [0.1, 0.15) is 18.0 Å². The average molecular weight is 470 g/mol. The minimum Gasteiger partial charge on any atom is -0.415 e. The Morgan fingerprint density at radius 2 is 1.97 bits per heavy atom. The Labute approximate surface area is 194 Å². The average Bonchev–Trinajstić information content (AvgIpc) is 3.50. The van der Waals surface area contributed by atoms with E-state index < -0.39 is 12.3 Å². The lowest BCUT2D eigenvalue weighted by atomic mass is 10.1. The predicted octanol–water partition coefficient (Wildman–Crippen LogP) is 3.16. The van der Waals surface area contributed by atoms with Crippen LogP contribution in [-0.2, 0) is 11.3 Å². The van der Waals surface area contributed by atoms with E-state index in [-0.39, 0.29) is 5.89 Å². The lowest BCUT2D eigenvalue weighted by molar-refractivity contribution is -0.108. The molecule has 0 bridgehead atoms. The molecule has 0 amide bonds. The fraction of sp³-hybridized carbons (Fsp3) is 0.273. The van der Waals surface area contributed by atoms with E-state index in [4.69, 9.17) is 4.42 Å². The topological polar surface area (TPSA) is 115 Å². The summed E-state index contributed by atoms with van der Waals surface area (Å²) in [6.07, 6.45) is 1.40. The smallest absolute Gasteiger partial charge is 0.314 e. The lowest BCUT2D eigenvalue weighted by Crippen LogP contribution is -2.13. The zero-order valence-electron chi connectivity index (χ0n) is 18.9. The molecule has 1 aromatic carbocycles. The Morgan fingerprint density at radius 3 is 2.56 bits per heavy atom. The van der Waals surface area contributed by atoms with Gasteiger partial charge in [0.15, 0.2) is 0 Å². The van der Waals surface area contributed by atoms with Crippen LogP contribution < -0.4 is 5.32 Å². The minimum absolute atomic E-state index is 0.00167. The van der Waals surface area contributed by atoms with Crippen LogP contribution in [0.15, 0.2) is 53.2 Å². The van der Waals surface area contributed by atoms with Gasteiger partial charge < -0.3 is 19.4 Å². The van der Waals surface area contributed by atoms with Crippen LogP contribution in [0.4, 0.5) is 14.5 Å². The van der Waals surface area contributed by atoms with E-state index in [1.54, 1.807) is 16.8 Å². The Hall–Kier alpha value is -4.06. The third-order valence-corrected chi connectivity index (χ3v) is 4.45. The number of carbonyl (C=O) groups excluding carboxylic acids is 1. The maximum absolute atomic E-state index is 12.5. The zero-order valence-corrected chi connectivity index (χ0v) is 18.9. The van der Waals surface area contributed by atoms with E-state index >= 15 is 0 Å². The fourth-order valence-corrected chi connectivity index (χ4v) is 2.74. The van der Waals surface area contributed by atoms with E-state index in [1.165, 1.54) is 6.20 Å². The van der Waals surface area contributed by atoms with Crippen molar-refractivity contribution in [3.05, 3.63) is 60.4 Å². The molecule has 178 valence electrons. The van der Waals surface area contributed by atoms with Gasteiger partial charge in [-0.05, 0) is 38.4 Å². The summed E-state index contributed by atoms with van der Waals surface area (Å²) in [5.74, 6) is -0.710. The van der Waals surface area contributed by atoms with Crippen molar-refractivity contribution in [1.82, 2.24) is 35.1 Å². The molecule has 0 aliphatic heterocycles. The summed E-state index contributed by atoms with van der Waals surface area (Å²) >= 11 is 0. The van der Waals surface area contributed by atoms with Gasteiger partial charge in [-0.15, -0.1) is 15.3 Å². The number of nitrogens with zero attached hydrogens (tertiary/aromatic N) is 7. The number of aromatic nitrogens is 6. The number of anilines is 1. The molecule has 3 heterocycles. The standard InChI is InChI=1S/C18H15F2N7O.C4H9NO/c1-21-13-4-2-3-11(7-13)15-10-27(26-23-15)9-14-6-5-12(8-22-14)17-24-25-18(28-17)16(19)20;1-5(2)3-4-6/h2-8,10,16,21H,9H2,1H3;4H,3H2,1-2H3. The van der Waals surface area contributed by atoms with Crippen LogP contribution in [0.3, 0.4) is 0 Å². The number of rotatable bonds is 8. The molecule has 3 aromatic heterocycles. The largest absolute Gasteiger partial charge is 0.415 e. The van der Waals surface area contributed by atoms with Crippen LogP contribution in [0.5, 0.6) is 0 Å². The normalized spacial score (nSPS) is 10.8. The third-order valence-electron chi connectivity index (χ3n) is 4.45. The lowest BCUT2D eigenvalue weighted by Gasteiger charge is -2.02. The first kappa shape index (κ1) is 24.6. The second-order valence-corrected chi connectivity index (χ2v) is 7.35. The van der Waals surface area contributed by atoms with Crippen molar-refractivity contribution in [2.24, 2.45) is 0 Å². The summed E-state index contributed by atoms with van der Waals surface area (Å²) in [6, 6.07) is 11.3. The molecule has 0 aliphatic carbocycles. The van der Waals surface area contributed by atoms with Crippen molar-refractivity contribution in [1.29, 1.82) is 0 Å².